The fourth-order valence-electron chi connectivity index (χ4n) is 2.42. The fraction of sp³-hybridized carbons (Fsp3) is 0.333. The van der Waals surface area contributed by atoms with Crippen LogP contribution in [-0.2, 0) is 10.0 Å². The van der Waals surface area contributed by atoms with Crippen molar-refractivity contribution in [2.75, 3.05) is 22.8 Å². The number of benzene rings is 1. The molecule has 1 aliphatic carbocycles. The van der Waals surface area contributed by atoms with Crippen molar-refractivity contribution in [1.82, 2.24) is 14.6 Å². The van der Waals surface area contributed by atoms with Crippen LogP contribution in [0.1, 0.15) is 12.8 Å². The normalized spacial score (nSPS) is 14.9. The number of aromatic nitrogens is 3. The molecule has 2 N–H and O–H groups in total. The van der Waals surface area contributed by atoms with E-state index in [4.69, 9.17) is 0 Å². The summed E-state index contributed by atoms with van der Waals surface area (Å²) in [6.45, 7) is 0.975. The summed E-state index contributed by atoms with van der Waals surface area (Å²) in [5, 5.41) is 8.71. The molecule has 1 fully saturated rings. The minimum atomic E-state index is -3.30. The van der Waals surface area contributed by atoms with E-state index in [0.29, 0.717) is 5.69 Å². The lowest BCUT2D eigenvalue weighted by molar-refractivity contribution is 0.607. The lowest BCUT2D eigenvalue weighted by atomic mass is 10.1. The first-order valence-corrected chi connectivity index (χ1v) is 10.4. The summed E-state index contributed by atoms with van der Waals surface area (Å²) >= 11 is 1.51. The van der Waals surface area contributed by atoms with E-state index in [-0.39, 0.29) is 0 Å². The molecule has 0 atom stereocenters. The van der Waals surface area contributed by atoms with Crippen molar-refractivity contribution in [1.29, 1.82) is 0 Å². The van der Waals surface area contributed by atoms with Crippen LogP contribution in [0.2, 0.25) is 0 Å². The Bertz CT molecular complexity index is 957. The van der Waals surface area contributed by atoms with Crippen LogP contribution in [0.5, 0.6) is 0 Å². The lowest BCUT2D eigenvalue weighted by Gasteiger charge is -2.05. The number of hydrogen-bond acceptors (Lipinski definition) is 6. The average molecular weight is 363 g/mol. The largest absolute Gasteiger partial charge is 0.360 e. The van der Waals surface area contributed by atoms with Gasteiger partial charge in [-0.1, -0.05) is 23.5 Å². The summed E-state index contributed by atoms with van der Waals surface area (Å²) in [5.41, 5.74) is 2.12. The maximum Gasteiger partial charge on any atom is 0.229 e. The number of hydrogen-bond donors (Lipinski definition) is 2. The highest BCUT2D eigenvalue weighted by Gasteiger charge is 2.21. The van der Waals surface area contributed by atoms with Gasteiger partial charge in [0.05, 0.1) is 18.1 Å². The molecular formula is C15H17N5O2S2. The van der Waals surface area contributed by atoms with E-state index < -0.39 is 10.0 Å². The van der Waals surface area contributed by atoms with Crippen molar-refractivity contribution in [2.45, 2.75) is 12.8 Å². The summed E-state index contributed by atoms with van der Waals surface area (Å²) in [4.78, 5) is 5.40. The van der Waals surface area contributed by atoms with E-state index in [1.807, 2.05) is 12.3 Å². The van der Waals surface area contributed by atoms with Gasteiger partial charge in [-0.25, -0.2) is 17.9 Å². The predicted molar refractivity (Wildman–Crippen MR) is 96.0 cm³/mol. The second-order valence-electron chi connectivity index (χ2n) is 6.04. The first-order chi connectivity index (χ1) is 11.5. The maximum atomic E-state index is 11.4. The molecule has 0 spiro atoms. The molecule has 0 radical (unpaired) electrons. The molecule has 0 unspecified atom stereocenters. The predicted octanol–water partition coefficient (Wildman–Crippen LogP) is 2.65. The molecule has 24 heavy (non-hydrogen) atoms. The molecule has 0 amide bonds. The van der Waals surface area contributed by atoms with Crippen molar-refractivity contribution in [2.24, 2.45) is 5.92 Å². The monoisotopic (exact) mass is 363 g/mol. The summed E-state index contributed by atoms with van der Waals surface area (Å²) < 4.78 is 26.9. The zero-order valence-electron chi connectivity index (χ0n) is 13.1. The van der Waals surface area contributed by atoms with Crippen LogP contribution in [-0.4, -0.2) is 35.8 Å². The van der Waals surface area contributed by atoms with Crippen LogP contribution in [0, 0.1) is 5.92 Å². The highest BCUT2D eigenvalue weighted by atomic mass is 32.2. The molecule has 0 saturated heterocycles. The molecule has 1 saturated carbocycles. The Labute approximate surface area is 143 Å². The van der Waals surface area contributed by atoms with Gasteiger partial charge < -0.3 is 5.32 Å². The molecule has 0 bridgehead atoms. The van der Waals surface area contributed by atoms with Crippen molar-refractivity contribution in [3.05, 3.63) is 30.5 Å². The summed E-state index contributed by atoms with van der Waals surface area (Å²) in [7, 11) is -3.30. The average Bonchev–Trinajstić information content (AvgIpc) is 3.12. The van der Waals surface area contributed by atoms with Crippen LogP contribution in [0.15, 0.2) is 30.5 Å². The van der Waals surface area contributed by atoms with Gasteiger partial charge in [0.15, 0.2) is 0 Å². The lowest BCUT2D eigenvalue weighted by Crippen LogP contribution is -2.09. The van der Waals surface area contributed by atoms with Crippen LogP contribution >= 0.6 is 11.3 Å². The van der Waals surface area contributed by atoms with Gasteiger partial charge >= 0.3 is 0 Å². The molecule has 4 rings (SSSR count). The van der Waals surface area contributed by atoms with E-state index in [1.165, 1.54) is 24.2 Å². The molecule has 2 aromatic heterocycles. The van der Waals surface area contributed by atoms with Gasteiger partial charge in [-0.15, -0.1) is 5.10 Å². The fourth-order valence-corrected chi connectivity index (χ4v) is 3.76. The smallest absolute Gasteiger partial charge is 0.229 e. The van der Waals surface area contributed by atoms with Crippen LogP contribution < -0.4 is 10.0 Å². The Hall–Kier alpha value is -2.13. The van der Waals surface area contributed by atoms with Crippen molar-refractivity contribution in [3.63, 3.8) is 0 Å². The number of fused-ring (bicyclic) bond motifs is 1. The molecule has 0 aliphatic heterocycles. The summed E-state index contributed by atoms with van der Waals surface area (Å²) in [6.07, 6.45) is 5.59. The van der Waals surface area contributed by atoms with Crippen LogP contribution in [0.25, 0.3) is 16.2 Å². The number of imidazole rings is 1. The van der Waals surface area contributed by atoms with E-state index in [2.05, 4.69) is 20.1 Å². The van der Waals surface area contributed by atoms with E-state index in [1.54, 1.807) is 22.7 Å². The van der Waals surface area contributed by atoms with Crippen LogP contribution in [0.3, 0.4) is 0 Å². The molecule has 7 nitrogen and oxygen atoms in total. The first-order valence-electron chi connectivity index (χ1n) is 7.64. The van der Waals surface area contributed by atoms with Gasteiger partial charge in [0.25, 0.3) is 0 Å². The Morgan fingerprint density at radius 1 is 1.38 bits per heavy atom. The van der Waals surface area contributed by atoms with Crippen molar-refractivity contribution in [3.8, 4) is 11.3 Å². The number of sulfonamides is 1. The van der Waals surface area contributed by atoms with Gasteiger partial charge in [-0.3, -0.25) is 4.72 Å². The molecule has 9 heteroatoms. The van der Waals surface area contributed by atoms with Gasteiger partial charge in [0, 0.05) is 17.8 Å². The van der Waals surface area contributed by atoms with Crippen molar-refractivity contribution < 1.29 is 8.42 Å². The molecule has 1 aliphatic rings. The Kier molecular flexibility index (Phi) is 3.69. The van der Waals surface area contributed by atoms with E-state index in [0.717, 1.165) is 40.1 Å². The Morgan fingerprint density at radius 2 is 2.21 bits per heavy atom. The minimum Gasteiger partial charge on any atom is -0.360 e. The van der Waals surface area contributed by atoms with E-state index in [9.17, 15) is 8.42 Å². The number of rotatable bonds is 6. The quantitative estimate of drug-likeness (QED) is 0.703. The second-order valence-corrected chi connectivity index (χ2v) is 8.74. The van der Waals surface area contributed by atoms with Gasteiger partial charge in [-0.05, 0) is 30.9 Å². The van der Waals surface area contributed by atoms with Gasteiger partial charge in [-0.2, -0.15) is 0 Å². The second kappa shape index (κ2) is 5.75. The van der Waals surface area contributed by atoms with Gasteiger partial charge in [0.2, 0.25) is 20.1 Å². The standard InChI is InChI=1S/C15H17N5O2S2/c1-24(21,22)19-12-4-2-3-11(7-12)13-9-20-15(17-13)23-14(18-20)16-8-10-5-6-10/h2-4,7,9-10,19H,5-6,8H2,1H3,(H,16,18). The third-order valence-corrected chi connectivity index (χ3v) is 5.23. The zero-order valence-corrected chi connectivity index (χ0v) is 14.7. The number of nitrogens with zero attached hydrogens (tertiary/aromatic N) is 3. The Morgan fingerprint density at radius 3 is 2.92 bits per heavy atom. The highest BCUT2D eigenvalue weighted by Crippen LogP contribution is 2.30. The zero-order chi connectivity index (χ0) is 16.7. The van der Waals surface area contributed by atoms with Gasteiger partial charge in [0.1, 0.15) is 0 Å². The summed E-state index contributed by atoms with van der Waals surface area (Å²) in [5.74, 6) is 0.793. The van der Waals surface area contributed by atoms with E-state index >= 15 is 0 Å². The number of anilines is 2. The SMILES string of the molecule is CS(=O)(=O)Nc1cccc(-c2cn3nc(NCC4CC4)sc3n2)c1. The number of nitrogens with one attached hydrogen (secondary N) is 2. The molecule has 1 aromatic carbocycles. The molecular weight excluding hydrogens is 346 g/mol. The highest BCUT2D eigenvalue weighted by molar-refractivity contribution is 7.92. The summed E-state index contributed by atoms with van der Waals surface area (Å²) in [6, 6.07) is 7.17. The Balaban J connectivity index is 1.57. The molecule has 126 valence electrons. The third kappa shape index (κ3) is 3.51. The topological polar surface area (TPSA) is 88.4 Å². The third-order valence-electron chi connectivity index (χ3n) is 3.74. The minimum absolute atomic E-state index is 0.520. The van der Waals surface area contributed by atoms with Crippen molar-refractivity contribution >= 4 is 37.1 Å². The first kappa shape index (κ1) is 15.4. The molecule has 2 heterocycles. The molecule has 3 aromatic rings. The van der Waals surface area contributed by atoms with Crippen LogP contribution in [0.4, 0.5) is 10.8 Å². The maximum absolute atomic E-state index is 11.4.